The van der Waals surface area contributed by atoms with Gasteiger partial charge < -0.3 is 9.84 Å². The van der Waals surface area contributed by atoms with Gasteiger partial charge in [-0.15, -0.1) is 0 Å². The van der Waals surface area contributed by atoms with E-state index >= 15 is 0 Å². The van der Waals surface area contributed by atoms with E-state index in [1.54, 1.807) is 0 Å². The summed E-state index contributed by atoms with van der Waals surface area (Å²) in [5, 5.41) is 10.8. The van der Waals surface area contributed by atoms with E-state index in [0.717, 1.165) is 38.1 Å². The summed E-state index contributed by atoms with van der Waals surface area (Å²) in [6.07, 6.45) is 1.99. The predicted octanol–water partition coefficient (Wildman–Crippen LogP) is 2.71. The maximum Gasteiger partial charge on any atom is 0.0948 e. The van der Waals surface area contributed by atoms with Gasteiger partial charge in [-0.2, -0.15) is 0 Å². The molecule has 20 heavy (non-hydrogen) atoms. The zero-order valence-corrected chi connectivity index (χ0v) is 12.5. The third kappa shape index (κ3) is 2.62. The summed E-state index contributed by atoms with van der Waals surface area (Å²) >= 11 is 0. The molecule has 0 amide bonds. The van der Waals surface area contributed by atoms with Crippen LogP contribution in [0.5, 0.6) is 0 Å². The van der Waals surface area contributed by atoms with Gasteiger partial charge in [0.2, 0.25) is 0 Å². The molecule has 2 aliphatic rings. The molecular weight excluding hydrogens is 250 g/mol. The number of fused-ring (bicyclic) bond motifs is 1. The molecule has 4 unspecified atom stereocenters. The lowest BCUT2D eigenvalue weighted by molar-refractivity contribution is 0.0124. The number of hydrogen-bond donors (Lipinski definition) is 1. The van der Waals surface area contributed by atoms with Gasteiger partial charge >= 0.3 is 0 Å². The van der Waals surface area contributed by atoms with Gasteiger partial charge in [0, 0.05) is 25.7 Å². The van der Waals surface area contributed by atoms with Crippen LogP contribution in [0, 0.1) is 0 Å². The Hall–Kier alpha value is -0.900. The van der Waals surface area contributed by atoms with Crippen molar-refractivity contribution in [2.45, 2.75) is 50.9 Å². The zero-order chi connectivity index (χ0) is 14.1. The van der Waals surface area contributed by atoms with Crippen molar-refractivity contribution in [3.8, 4) is 0 Å². The molecule has 3 heteroatoms. The van der Waals surface area contributed by atoms with Crippen molar-refractivity contribution in [3.63, 3.8) is 0 Å². The van der Waals surface area contributed by atoms with E-state index in [1.807, 2.05) is 6.07 Å². The molecule has 1 fully saturated rings. The van der Waals surface area contributed by atoms with Crippen molar-refractivity contribution in [1.82, 2.24) is 4.90 Å². The van der Waals surface area contributed by atoms with E-state index in [4.69, 9.17) is 4.74 Å². The lowest BCUT2D eigenvalue weighted by Crippen LogP contribution is -2.45. The molecule has 0 bridgehead atoms. The highest BCUT2D eigenvalue weighted by molar-refractivity contribution is 5.35. The molecule has 3 nitrogen and oxygen atoms in total. The highest BCUT2D eigenvalue weighted by atomic mass is 16.5. The Morgan fingerprint density at radius 1 is 1.20 bits per heavy atom. The van der Waals surface area contributed by atoms with Gasteiger partial charge in [0.25, 0.3) is 0 Å². The van der Waals surface area contributed by atoms with E-state index in [1.165, 1.54) is 5.56 Å². The van der Waals surface area contributed by atoms with Crippen molar-refractivity contribution in [2.75, 3.05) is 19.7 Å². The van der Waals surface area contributed by atoms with Crippen molar-refractivity contribution in [2.24, 2.45) is 0 Å². The van der Waals surface area contributed by atoms with Crippen LogP contribution in [0.4, 0.5) is 0 Å². The molecule has 1 aromatic rings. The number of hydrogen-bond acceptors (Lipinski definition) is 3. The SMILES string of the molecule is CC1CN(C2CC(C)c3ccccc3C2O)CCCO1. The Morgan fingerprint density at radius 2 is 1.95 bits per heavy atom. The molecule has 0 aromatic heterocycles. The van der Waals surface area contributed by atoms with Crippen molar-refractivity contribution < 1.29 is 9.84 Å². The summed E-state index contributed by atoms with van der Waals surface area (Å²) < 4.78 is 5.73. The third-order valence-corrected chi connectivity index (χ3v) is 4.76. The lowest BCUT2D eigenvalue weighted by Gasteiger charge is -2.41. The standard InChI is InChI=1S/C17H25NO2/c1-12-10-16(18-8-5-9-20-13(2)11-18)17(19)15-7-4-3-6-14(12)15/h3-4,6-7,12-13,16-17,19H,5,8-11H2,1-2H3. The van der Waals surface area contributed by atoms with E-state index in [2.05, 4.69) is 36.9 Å². The smallest absolute Gasteiger partial charge is 0.0948 e. The number of aliphatic hydroxyl groups is 1. The number of ether oxygens (including phenoxy) is 1. The molecule has 1 saturated heterocycles. The zero-order valence-electron chi connectivity index (χ0n) is 12.5. The molecule has 3 rings (SSSR count). The van der Waals surface area contributed by atoms with Gasteiger partial charge in [-0.05, 0) is 36.8 Å². The van der Waals surface area contributed by atoms with E-state index < -0.39 is 0 Å². The predicted molar refractivity (Wildman–Crippen MR) is 79.8 cm³/mol. The summed E-state index contributed by atoms with van der Waals surface area (Å²) in [5.41, 5.74) is 2.43. The quantitative estimate of drug-likeness (QED) is 0.855. The van der Waals surface area contributed by atoms with Crippen molar-refractivity contribution in [3.05, 3.63) is 35.4 Å². The minimum absolute atomic E-state index is 0.226. The van der Waals surface area contributed by atoms with Crippen LogP contribution in [-0.2, 0) is 4.74 Å². The van der Waals surface area contributed by atoms with Crippen molar-refractivity contribution in [1.29, 1.82) is 0 Å². The van der Waals surface area contributed by atoms with Gasteiger partial charge in [0.15, 0.2) is 0 Å². The fourth-order valence-corrected chi connectivity index (χ4v) is 3.73. The van der Waals surface area contributed by atoms with Gasteiger partial charge in [0.1, 0.15) is 0 Å². The molecule has 110 valence electrons. The molecular formula is C17H25NO2. The largest absolute Gasteiger partial charge is 0.387 e. The second kappa shape index (κ2) is 5.84. The fourth-order valence-electron chi connectivity index (χ4n) is 3.73. The summed E-state index contributed by atoms with van der Waals surface area (Å²) in [5.74, 6) is 0.513. The average Bonchev–Trinajstić information content (AvgIpc) is 2.67. The highest BCUT2D eigenvalue weighted by Crippen LogP contribution is 2.39. The van der Waals surface area contributed by atoms with Crippen LogP contribution < -0.4 is 0 Å². The second-order valence-electron chi connectivity index (χ2n) is 6.31. The Bertz CT molecular complexity index is 462. The minimum atomic E-state index is -0.368. The highest BCUT2D eigenvalue weighted by Gasteiger charge is 2.36. The monoisotopic (exact) mass is 275 g/mol. The molecule has 1 N–H and O–H groups in total. The van der Waals surface area contributed by atoms with Crippen LogP contribution in [-0.4, -0.2) is 41.8 Å². The van der Waals surface area contributed by atoms with E-state index in [0.29, 0.717) is 5.92 Å². The Balaban J connectivity index is 1.84. The maximum absolute atomic E-state index is 10.8. The van der Waals surface area contributed by atoms with Crippen LogP contribution in [0.1, 0.15) is 49.8 Å². The summed E-state index contributed by atoms with van der Waals surface area (Å²) in [6, 6.07) is 8.58. The summed E-state index contributed by atoms with van der Waals surface area (Å²) in [6.45, 7) is 7.20. The first-order valence-electron chi connectivity index (χ1n) is 7.79. The molecule has 1 heterocycles. The van der Waals surface area contributed by atoms with Crippen LogP contribution in [0.25, 0.3) is 0 Å². The van der Waals surface area contributed by atoms with Gasteiger partial charge in [0.05, 0.1) is 12.2 Å². The lowest BCUT2D eigenvalue weighted by atomic mass is 9.78. The molecule has 1 aliphatic heterocycles. The van der Waals surface area contributed by atoms with Crippen LogP contribution in [0.15, 0.2) is 24.3 Å². The Kier molecular flexibility index (Phi) is 4.11. The molecule has 4 atom stereocenters. The van der Waals surface area contributed by atoms with Crippen LogP contribution in [0.3, 0.4) is 0 Å². The summed E-state index contributed by atoms with van der Waals surface area (Å²) in [4.78, 5) is 2.44. The van der Waals surface area contributed by atoms with E-state index in [-0.39, 0.29) is 18.2 Å². The first kappa shape index (κ1) is 14.1. The molecule has 1 aromatic carbocycles. The first-order valence-corrected chi connectivity index (χ1v) is 7.79. The fraction of sp³-hybridized carbons (Fsp3) is 0.647. The Labute approximate surface area is 121 Å². The number of aliphatic hydroxyl groups excluding tert-OH is 1. The third-order valence-electron chi connectivity index (χ3n) is 4.76. The first-order chi connectivity index (χ1) is 9.66. The second-order valence-corrected chi connectivity index (χ2v) is 6.31. The molecule has 0 saturated carbocycles. The van der Waals surface area contributed by atoms with Crippen LogP contribution >= 0.6 is 0 Å². The van der Waals surface area contributed by atoms with Crippen molar-refractivity contribution >= 4 is 0 Å². The average molecular weight is 275 g/mol. The summed E-state index contributed by atoms with van der Waals surface area (Å²) in [7, 11) is 0. The van der Waals surface area contributed by atoms with Gasteiger partial charge in [-0.25, -0.2) is 0 Å². The Morgan fingerprint density at radius 3 is 2.75 bits per heavy atom. The maximum atomic E-state index is 10.8. The number of benzene rings is 1. The van der Waals surface area contributed by atoms with Gasteiger partial charge in [-0.1, -0.05) is 31.2 Å². The van der Waals surface area contributed by atoms with Gasteiger partial charge in [-0.3, -0.25) is 4.90 Å². The number of nitrogens with zero attached hydrogens (tertiary/aromatic N) is 1. The molecule has 1 aliphatic carbocycles. The minimum Gasteiger partial charge on any atom is -0.387 e. The molecule has 0 spiro atoms. The normalized spacial score (nSPS) is 35.4. The molecule has 0 radical (unpaired) electrons. The van der Waals surface area contributed by atoms with Crippen LogP contribution in [0.2, 0.25) is 0 Å². The number of rotatable bonds is 1. The topological polar surface area (TPSA) is 32.7 Å². The van der Waals surface area contributed by atoms with E-state index in [9.17, 15) is 5.11 Å².